The van der Waals surface area contributed by atoms with Crippen LogP contribution in [0.4, 0.5) is 10.5 Å². The second kappa shape index (κ2) is 5.41. The first kappa shape index (κ1) is 14.8. The highest BCUT2D eigenvalue weighted by Gasteiger charge is 2.35. The fourth-order valence-corrected chi connectivity index (χ4v) is 2.59. The van der Waals surface area contributed by atoms with E-state index in [1.54, 1.807) is 0 Å². The van der Waals surface area contributed by atoms with E-state index in [0.717, 1.165) is 4.90 Å². The smallest absolute Gasteiger partial charge is 0.411 e. The number of carboxylic acids is 1. The molecule has 1 aromatic carbocycles. The lowest BCUT2D eigenvalue weighted by molar-refractivity contribution is -0.140. The molecule has 6 nitrogen and oxygen atoms in total. The number of carbonyl (C=O) groups excluding carboxylic acids is 1. The van der Waals surface area contributed by atoms with E-state index in [9.17, 15) is 19.5 Å². The molecule has 2 N–H and O–H groups in total. The Labute approximate surface area is 127 Å². The van der Waals surface area contributed by atoms with Crippen molar-refractivity contribution in [2.45, 2.75) is 6.42 Å². The molecule has 0 spiro atoms. The number of amides is 1. The summed E-state index contributed by atoms with van der Waals surface area (Å²) in [4.78, 5) is 35.6. The molecular weight excluding hydrogens is 353 g/mol. The first-order chi connectivity index (χ1) is 9.32. The molecule has 106 valence electrons. The number of fused-ring (bicyclic) bond motifs is 1. The number of rotatable bonds is 1. The summed E-state index contributed by atoms with van der Waals surface area (Å²) in [6.45, 7) is -0.0804. The van der Waals surface area contributed by atoms with Gasteiger partial charge in [-0.3, -0.25) is 14.5 Å². The number of carbonyl (C=O) groups is 3. The maximum absolute atomic E-state index is 12.2. The predicted octanol–water partition coefficient (Wildman–Crippen LogP) is 2.87. The molecular formula is C12H9BrClNO5. The minimum absolute atomic E-state index is 0.0357. The highest BCUT2D eigenvalue weighted by molar-refractivity contribution is 9.10. The van der Waals surface area contributed by atoms with Gasteiger partial charge in [-0.1, -0.05) is 11.6 Å². The van der Waals surface area contributed by atoms with Gasteiger partial charge in [-0.25, -0.2) is 4.79 Å². The second-order valence-corrected chi connectivity index (χ2v) is 5.52. The molecule has 2 rings (SSSR count). The van der Waals surface area contributed by atoms with E-state index >= 15 is 0 Å². The molecule has 0 saturated heterocycles. The quantitative estimate of drug-likeness (QED) is 0.749. The van der Waals surface area contributed by atoms with Crippen LogP contribution in [0.2, 0.25) is 5.02 Å². The zero-order valence-corrected chi connectivity index (χ0v) is 12.3. The maximum Gasteiger partial charge on any atom is 0.411 e. The number of aliphatic carboxylic acids is 1. The summed E-state index contributed by atoms with van der Waals surface area (Å²) >= 11 is 9.07. The SMILES string of the molecule is O=C(O)C1CCN(C(=O)O)c2cc(Cl)c(Br)cc2C1=O. The second-order valence-electron chi connectivity index (χ2n) is 4.26. The van der Waals surface area contributed by atoms with Gasteiger partial charge in [0.25, 0.3) is 0 Å². The Morgan fingerprint density at radius 1 is 1.35 bits per heavy atom. The Bertz CT molecular complexity index is 618. The van der Waals surface area contributed by atoms with E-state index in [1.165, 1.54) is 12.1 Å². The number of ketones is 1. The zero-order valence-electron chi connectivity index (χ0n) is 9.97. The fraction of sp³-hybridized carbons (Fsp3) is 0.250. The summed E-state index contributed by atoms with van der Waals surface area (Å²) in [5.74, 6) is -3.14. The van der Waals surface area contributed by atoms with E-state index in [2.05, 4.69) is 15.9 Å². The van der Waals surface area contributed by atoms with Gasteiger partial charge in [0.2, 0.25) is 0 Å². The van der Waals surface area contributed by atoms with Crippen molar-refractivity contribution in [3.8, 4) is 0 Å². The Hall–Kier alpha value is -1.60. The maximum atomic E-state index is 12.2. The van der Waals surface area contributed by atoms with Gasteiger partial charge < -0.3 is 10.2 Å². The van der Waals surface area contributed by atoms with Crippen molar-refractivity contribution in [1.82, 2.24) is 0 Å². The molecule has 1 heterocycles. The number of halogens is 2. The number of nitrogens with zero attached hydrogens (tertiary/aromatic N) is 1. The van der Waals surface area contributed by atoms with Crippen molar-refractivity contribution in [1.29, 1.82) is 0 Å². The van der Waals surface area contributed by atoms with Gasteiger partial charge in [-0.2, -0.15) is 0 Å². The molecule has 20 heavy (non-hydrogen) atoms. The molecule has 1 aliphatic rings. The standard InChI is InChI=1S/C12H9BrClNO5/c13-7-3-6-9(4-8(7)14)15(12(19)20)2-1-5(10(6)16)11(17)18/h3-5H,1-2H2,(H,17,18)(H,19,20). The zero-order chi connectivity index (χ0) is 15.0. The van der Waals surface area contributed by atoms with Crippen LogP contribution in [0.5, 0.6) is 0 Å². The van der Waals surface area contributed by atoms with Gasteiger partial charge in [0.1, 0.15) is 5.92 Å². The molecule has 1 atom stereocenters. The molecule has 0 radical (unpaired) electrons. The van der Waals surface area contributed by atoms with Gasteiger partial charge in [0.05, 0.1) is 10.7 Å². The Kier molecular flexibility index (Phi) is 4.01. The van der Waals surface area contributed by atoms with Gasteiger partial charge >= 0.3 is 12.1 Å². The first-order valence-corrected chi connectivity index (χ1v) is 6.76. The van der Waals surface area contributed by atoms with Crippen LogP contribution in [-0.4, -0.2) is 34.6 Å². The van der Waals surface area contributed by atoms with Crippen LogP contribution in [0.25, 0.3) is 0 Å². The molecule has 0 aliphatic carbocycles. The topological polar surface area (TPSA) is 94.9 Å². The van der Waals surface area contributed by atoms with Crippen molar-refractivity contribution >= 4 is 51.1 Å². The van der Waals surface area contributed by atoms with E-state index in [1.807, 2.05) is 0 Å². The molecule has 8 heteroatoms. The van der Waals surface area contributed by atoms with Crippen LogP contribution in [0.15, 0.2) is 16.6 Å². The summed E-state index contributed by atoms with van der Waals surface area (Å²) in [5, 5.41) is 18.5. The Balaban J connectivity index is 2.65. The molecule has 1 unspecified atom stereocenters. The van der Waals surface area contributed by atoms with Gasteiger partial charge in [0, 0.05) is 16.6 Å². The van der Waals surface area contributed by atoms with E-state index in [4.69, 9.17) is 16.7 Å². The molecule has 0 bridgehead atoms. The lowest BCUT2D eigenvalue weighted by Gasteiger charge is -2.19. The molecule has 1 aliphatic heterocycles. The minimum Gasteiger partial charge on any atom is -0.481 e. The molecule has 0 aromatic heterocycles. The Morgan fingerprint density at radius 3 is 2.55 bits per heavy atom. The normalized spacial score (nSPS) is 18.4. The molecule has 1 aromatic rings. The largest absolute Gasteiger partial charge is 0.481 e. The van der Waals surface area contributed by atoms with Crippen molar-refractivity contribution in [3.05, 3.63) is 27.2 Å². The van der Waals surface area contributed by atoms with Gasteiger partial charge in [0.15, 0.2) is 5.78 Å². The number of hydrogen-bond acceptors (Lipinski definition) is 3. The van der Waals surface area contributed by atoms with Crippen LogP contribution >= 0.6 is 27.5 Å². The third kappa shape index (κ3) is 2.51. The Morgan fingerprint density at radius 2 is 2.00 bits per heavy atom. The average molecular weight is 363 g/mol. The lowest BCUT2D eigenvalue weighted by Crippen LogP contribution is -2.31. The van der Waals surface area contributed by atoms with Gasteiger partial charge in [-0.05, 0) is 34.5 Å². The number of hydrogen-bond donors (Lipinski definition) is 2. The monoisotopic (exact) mass is 361 g/mol. The van der Waals surface area contributed by atoms with E-state index in [-0.39, 0.29) is 29.2 Å². The summed E-state index contributed by atoms with van der Waals surface area (Å²) in [7, 11) is 0. The lowest BCUT2D eigenvalue weighted by atomic mass is 9.95. The number of carboxylic acid groups (broad SMARTS) is 2. The summed E-state index contributed by atoms with van der Waals surface area (Å²) < 4.78 is 0.405. The minimum atomic E-state index is -1.26. The van der Waals surface area contributed by atoms with Crippen molar-refractivity contribution < 1.29 is 24.6 Å². The van der Waals surface area contributed by atoms with Crippen LogP contribution < -0.4 is 4.90 Å². The fourth-order valence-electron chi connectivity index (χ4n) is 2.09. The van der Waals surface area contributed by atoms with Crippen LogP contribution in [0.3, 0.4) is 0 Å². The first-order valence-electron chi connectivity index (χ1n) is 5.59. The number of anilines is 1. The highest BCUT2D eigenvalue weighted by atomic mass is 79.9. The average Bonchev–Trinajstić information content (AvgIpc) is 2.48. The third-order valence-corrected chi connectivity index (χ3v) is 4.28. The number of Topliss-reactive ketones (excluding diaryl/α,β-unsaturated/α-hetero) is 1. The molecule has 1 amide bonds. The van der Waals surface area contributed by atoms with E-state index in [0.29, 0.717) is 4.47 Å². The van der Waals surface area contributed by atoms with Crippen LogP contribution in [0, 0.1) is 5.92 Å². The highest BCUT2D eigenvalue weighted by Crippen LogP contribution is 2.35. The van der Waals surface area contributed by atoms with E-state index < -0.39 is 23.8 Å². The predicted molar refractivity (Wildman–Crippen MR) is 74.6 cm³/mol. The summed E-state index contributed by atoms with van der Waals surface area (Å²) in [6.07, 6.45) is -1.34. The van der Waals surface area contributed by atoms with Crippen LogP contribution in [0.1, 0.15) is 16.8 Å². The van der Waals surface area contributed by atoms with Gasteiger partial charge in [-0.15, -0.1) is 0 Å². The van der Waals surface area contributed by atoms with Crippen molar-refractivity contribution in [2.24, 2.45) is 5.92 Å². The molecule has 0 saturated carbocycles. The van der Waals surface area contributed by atoms with Crippen molar-refractivity contribution in [2.75, 3.05) is 11.4 Å². The summed E-state index contributed by atoms with van der Waals surface area (Å²) in [5.41, 5.74) is 0.146. The molecule has 0 fully saturated rings. The van der Waals surface area contributed by atoms with Crippen molar-refractivity contribution in [3.63, 3.8) is 0 Å². The summed E-state index contributed by atoms with van der Waals surface area (Å²) in [6, 6.07) is 2.70. The third-order valence-electron chi connectivity index (χ3n) is 3.08. The number of benzene rings is 1. The van der Waals surface area contributed by atoms with Crippen LogP contribution in [-0.2, 0) is 4.79 Å².